The number of hydrogen-bond acceptors (Lipinski definition) is 3. The molecule has 1 atom stereocenters. The largest absolute Gasteiger partial charge is 0.496 e. The van der Waals surface area contributed by atoms with Gasteiger partial charge >= 0.3 is 0 Å². The van der Waals surface area contributed by atoms with Crippen LogP contribution in [-0.4, -0.2) is 13.7 Å². The van der Waals surface area contributed by atoms with Crippen molar-refractivity contribution in [2.45, 2.75) is 26.3 Å². The van der Waals surface area contributed by atoms with Crippen LogP contribution in [0.3, 0.4) is 0 Å². The standard InChI is InChI=1S/C16H20BrNO2/c1-4-9-18-16(15-7-5-11(2)20-15)13-10-12(17)6-8-14(13)19-3/h5-8,10,16,18H,4,9H2,1-3H3. The van der Waals surface area contributed by atoms with E-state index in [1.165, 1.54) is 0 Å². The quantitative estimate of drug-likeness (QED) is 0.845. The topological polar surface area (TPSA) is 34.4 Å². The number of halogens is 1. The molecule has 0 amide bonds. The van der Waals surface area contributed by atoms with E-state index in [2.05, 4.69) is 34.2 Å². The highest BCUT2D eigenvalue weighted by Crippen LogP contribution is 2.33. The fourth-order valence-electron chi connectivity index (χ4n) is 2.19. The van der Waals surface area contributed by atoms with E-state index < -0.39 is 0 Å². The molecule has 0 fully saturated rings. The summed E-state index contributed by atoms with van der Waals surface area (Å²) in [4.78, 5) is 0. The monoisotopic (exact) mass is 337 g/mol. The zero-order valence-corrected chi connectivity index (χ0v) is 13.7. The number of benzene rings is 1. The van der Waals surface area contributed by atoms with E-state index in [9.17, 15) is 0 Å². The Morgan fingerprint density at radius 1 is 1.30 bits per heavy atom. The van der Waals surface area contributed by atoms with Gasteiger partial charge in [-0.15, -0.1) is 0 Å². The third kappa shape index (κ3) is 3.44. The van der Waals surface area contributed by atoms with Gasteiger partial charge in [-0.3, -0.25) is 0 Å². The molecule has 1 heterocycles. The Hall–Kier alpha value is -1.26. The SMILES string of the molecule is CCCNC(c1ccc(C)o1)c1cc(Br)ccc1OC. The summed E-state index contributed by atoms with van der Waals surface area (Å²) in [5.74, 6) is 2.68. The molecule has 1 unspecified atom stereocenters. The summed E-state index contributed by atoms with van der Waals surface area (Å²) in [7, 11) is 1.69. The van der Waals surface area contributed by atoms with Crippen LogP contribution >= 0.6 is 15.9 Å². The summed E-state index contributed by atoms with van der Waals surface area (Å²) >= 11 is 3.53. The van der Waals surface area contributed by atoms with Gasteiger partial charge in [0.25, 0.3) is 0 Å². The van der Waals surface area contributed by atoms with E-state index in [1.54, 1.807) is 7.11 Å². The summed E-state index contributed by atoms with van der Waals surface area (Å²) < 4.78 is 12.3. The summed E-state index contributed by atoms with van der Waals surface area (Å²) in [6, 6.07) is 10.0. The normalized spacial score (nSPS) is 12.4. The smallest absolute Gasteiger partial charge is 0.125 e. The number of methoxy groups -OCH3 is 1. The van der Waals surface area contributed by atoms with E-state index >= 15 is 0 Å². The molecule has 0 saturated carbocycles. The summed E-state index contributed by atoms with van der Waals surface area (Å²) in [6.45, 7) is 5.02. The van der Waals surface area contributed by atoms with Crippen molar-refractivity contribution >= 4 is 15.9 Å². The lowest BCUT2D eigenvalue weighted by Gasteiger charge is -2.19. The molecule has 0 aliphatic heterocycles. The molecule has 0 saturated heterocycles. The van der Waals surface area contributed by atoms with Gasteiger partial charge in [-0.25, -0.2) is 0 Å². The second-order valence-electron chi connectivity index (χ2n) is 4.72. The van der Waals surface area contributed by atoms with Crippen LogP contribution in [0.4, 0.5) is 0 Å². The maximum atomic E-state index is 5.80. The predicted molar refractivity (Wildman–Crippen MR) is 84.3 cm³/mol. The number of aryl methyl sites for hydroxylation is 1. The molecule has 0 bridgehead atoms. The third-order valence-corrected chi connectivity index (χ3v) is 3.64. The first-order valence-electron chi connectivity index (χ1n) is 6.79. The molecule has 1 aromatic heterocycles. The molecule has 1 aromatic carbocycles. The van der Waals surface area contributed by atoms with Crippen LogP contribution in [-0.2, 0) is 0 Å². The highest BCUT2D eigenvalue weighted by Gasteiger charge is 2.21. The molecule has 108 valence electrons. The second kappa shape index (κ2) is 6.95. The minimum absolute atomic E-state index is 0.00361. The predicted octanol–water partition coefficient (Wildman–Crippen LogP) is 4.45. The van der Waals surface area contributed by atoms with Crippen LogP contribution in [0.25, 0.3) is 0 Å². The van der Waals surface area contributed by atoms with Crippen molar-refractivity contribution in [2.75, 3.05) is 13.7 Å². The molecule has 20 heavy (non-hydrogen) atoms. The van der Waals surface area contributed by atoms with Crippen LogP contribution in [0, 0.1) is 6.92 Å². The van der Waals surface area contributed by atoms with Crippen molar-refractivity contribution < 1.29 is 9.15 Å². The van der Waals surface area contributed by atoms with Gasteiger partial charge in [0.2, 0.25) is 0 Å². The van der Waals surface area contributed by atoms with Gasteiger partial charge in [0.05, 0.1) is 13.2 Å². The molecule has 2 aromatic rings. The number of ether oxygens (including phenoxy) is 1. The van der Waals surface area contributed by atoms with Gasteiger partial charge in [0.1, 0.15) is 17.3 Å². The van der Waals surface area contributed by atoms with Gasteiger partial charge in [-0.2, -0.15) is 0 Å². The van der Waals surface area contributed by atoms with Crippen LogP contribution in [0.15, 0.2) is 39.2 Å². The number of furan rings is 1. The van der Waals surface area contributed by atoms with Crippen molar-refractivity contribution in [3.8, 4) is 5.75 Å². The molecule has 3 nitrogen and oxygen atoms in total. The summed E-state index contributed by atoms with van der Waals surface area (Å²) in [5, 5.41) is 3.52. The first kappa shape index (κ1) is 15.1. The van der Waals surface area contributed by atoms with Gasteiger partial charge in [0.15, 0.2) is 0 Å². The maximum absolute atomic E-state index is 5.80. The molecule has 0 aliphatic rings. The molecule has 0 radical (unpaired) electrons. The summed E-state index contributed by atoms with van der Waals surface area (Å²) in [5.41, 5.74) is 1.07. The lowest BCUT2D eigenvalue weighted by atomic mass is 10.0. The van der Waals surface area contributed by atoms with E-state index in [-0.39, 0.29) is 6.04 Å². The lowest BCUT2D eigenvalue weighted by molar-refractivity contribution is 0.389. The Kier molecular flexibility index (Phi) is 5.26. The third-order valence-electron chi connectivity index (χ3n) is 3.15. The van der Waals surface area contributed by atoms with Crippen LogP contribution in [0.2, 0.25) is 0 Å². The lowest BCUT2D eigenvalue weighted by Crippen LogP contribution is -2.23. The minimum atomic E-state index is -0.00361. The zero-order chi connectivity index (χ0) is 14.5. The van der Waals surface area contributed by atoms with Gasteiger partial charge in [-0.1, -0.05) is 22.9 Å². The van der Waals surface area contributed by atoms with E-state index in [4.69, 9.17) is 9.15 Å². The number of hydrogen-bond donors (Lipinski definition) is 1. The second-order valence-corrected chi connectivity index (χ2v) is 5.64. The molecule has 4 heteroatoms. The van der Waals surface area contributed by atoms with Crippen molar-refractivity contribution in [2.24, 2.45) is 0 Å². The fourth-order valence-corrected chi connectivity index (χ4v) is 2.57. The highest BCUT2D eigenvalue weighted by molar-refractivity contribution is 9.10. The Labute approximate surface area is 128 Å². The number of nitrogens with one attached hydrogen (secondary N) is 1. The Morgan fingerprint density at radius 2 is 2.10 bits per heavy atom. The Bertz CT molecular complexity index is 565. The summed E-state index contributed by atoms with van der Waals surface area (Å²) in [6.07, 6.45) is 1.06. The molecule has 1 N–H and O–H groups in total. The zero-order valence-electron chi connectivity index (χ0n) is 12.1. The van der Waals surface area contributed by atoms with Crippen molar-refractivity contribution in [1.82, 2.24) is 5.32 Å². The maximum Gasteiger partial charge on any atom is 0.125 e. The Balaban J connectivity index is 2.42. The molecule has 0 spiro atoms. The molecular formula is C16H20BrNO2. The van der Waals surface area contributed by atoms with Crippen molar-refractivity contribution in [1.29, 1.82) is 0 Å². The molecular weight excluding hydrogens is 318 g/mol. The minimum Gasteiger partial charge on any atom is -0.496 e. The van der Waals surface area contributed by atoms with Crippen LogP contribution < -0.4 is 10.1 Å². The van der Waals surface area contributed by atoms with Crippen LogP contribution in [0.1, 0.15) is 36.5 Å². The van der Waals surface area contributed by atoms with E-state index in [0.29, 0.717) is 0 Å². The average Bonchev–Trinajstić information content (AvgIpc) is 2.86. The van der Waals surface area contributed by atoms with Gasteiger partial charge in [-0.05, 0) is 50.2 Å². The first-order chi connectivity index (χ1) is 9.65. The van der Waals surface area contributed by atoms with Crippen molar-refractivity contribution in [3.63, 3.8) is 0 Å². The molecule has 0 aliphatic carbocycles. The van der Waals surface area contributed by atoms with Gasteiger partial charge < -0.3 is 14.5 Å². The first-order valence-corrected chi connectivity index (χ1v) is 7.58. The molecule has 2 rings (SSSR count). The van der Waals surface area contributed by atoms with Gasteiger partial charge in [0, 0.05) is 10.0 Å². The Morgan fingerprint density at radius 3 is 2.70 bits per heavy atom. The number of rotatable bonds is 6. The van der Waals surface area contributed by atoms with Crippen LogP contribution in [0.5, 0.6) is 5.75 Å². The van der Waals surface area contributed by atoms with Crippen molar-refractivity contribution in [3.05, 3.63) is 51.9 Å². The fraction of sp³-hybridized carbons (Fsp3) is 0.375. The highest BCUT2D eigenvalue weighted by atomic mass is 79.9. The van der Waals surface area contributed by atoms with E-state index in [0.717, 1.165) is 40.3 Å². The average molecular weight is 338 g/mol. The van der Waals surface area contributed by atoms with E-state index in [1.807, 2.05) is 31.2 Å².